The van der Waals surface area contributed by atoms with E-state index in [2.05, 4.69) is 15.7 Å². The van der Waals surface area contributed by atoms with E-state index in [0.717, 1.165) is 5.69 Å². The molecule has 7 heteroatoms. The molecule has 0 aliphatic carbocycles. The maximum atomic E-state index is 11.1. The topological polar surface area (TPSA) is 96.2 Å². The Kier molecular flexibility index (Phi) is 5.16. The molecule has 0 bridgehead atoms. The minimum atomic E-state index is -0.807. The molecule has 0 fully saturated rings. The number of carbonyl (C=O) groups excluding carboxylic acids is 1. The quantitative estimate of drug-likeness (QED) is 0.650. The number of rotatable bonds is 7. The number of aliphatic carboxylic acids is 1. The van der Waals surface area contributed by atoms with E-state index in [4.69, 9.17) is 5.11 Å². The smallest absolute Gasteiger partial charge is 0.303 e. The molecular weight excluding hydrogens is 236 g/mol. The van der Waals surface area contributed by atoms with Gasteiger partial charge in [-0.3, -0.25) is 14.3 Å². The van der Waals surface area contributed by atoms with Crippen molar-refractivity contribution < 1.29 is 14.7 Å². The highest BCUT2D eigenvalue weighted by atomic mass is 16.4. The Morgan fingerprint density at radius 3 is 2.89 bits per heavy atom. The Morgan fingerprint density at radius 1 is 1.56 bits per heavy atom. The van der Waals surface area contributed by atoms with Gasteiger partial charge in [-0.2, -0.15) is 5.10 Å². The van der Waals surface area contributed by atoms with Crippen molar-refractivity contribution in [3.05, 3.63) is 12.4 Å². The number of amides is 1. The molecule has 1 unspecified atom stereocenters. The highest BCUT2D eigenvalue weighted by Gasteiger charge is 2.07. The van der Waals surface area contributed by atoms with Crippen molar-refractivity contribution in [1.82, 2.24) is 15.1 Å². The Hall–Kier alpha value is -2.05. The average Bonchev–Trinajstić information content (AvgIpc) is 2.73. The standard InChI is InChI=1S/C11H18N4O3/c1-8(3-4-11(17)18)14-9-5-13-15(6-9)7-10(16)12-2/h5-6,8,14H,3-4,7H2,1-2H3,(H,12,16)(H,17,18). The van der Waals surface area contributed by atoms with Crippen molar-refractivity contribution in [3.8, 4) is 0 Å². The largest absolute Gasteiger partial charge is 0.481 e. The summed E-state index contributed by atoms with van der Waals surface area (Å²) in [6, 6.07) is 0.0405. The SMILES string of the molecule is CNC(=O)Cn1cc(NC(C)CCC(=O)O)cn1. The number of carboxylic acid groups (broad SMARTS) is 1. The van der Waals surface area contributed by atoms with Crippen LogP contribution in [-0.2, 0) is 16.1 Å². The lowest BCUT2D eigenvalue weighted by molar-refractivity contribution is -0.137. The van der Waals surface area contributed by atoms with Crippen molar-refractivity contribution >= 4 is 17.6 Å². The van der Waals surface area contributed by atoms with Crippen molar-refractivity contribution in [2.24, 2.45) is 0 Å². The molecule has 0 radical (unpaired) electrons. The summed E-state index contributed by atoms with van der Waals surface area (Å²) in [5.41, 5.74) is 0.775. The predicted octanol–water partition coefficient (Wildman–Crippen LogP) is 0.294. The minimum Gasteiger partial charge on any atom is -0.481 e. The first-order valence-corrected chi connectivity index (χ1v) is 5.72. The third kappa shape index (κ3) is 4.86. The van der Waals surface area contributed by atoms with Crippen molar-refractivity contribution in [2.45, 2.75) is 32.4 Å². The van der Waals surface area contributed by atoms with Crippen LogP contribution in [-0.4, -0.2) is 39.9 Å². The van der Waals surface area contributed by atoms with Crippen LogP contribution in [0.3, 0.4) is 0 Å². The molecule has 18 heavy (non-hydrogen) atoms. The highest BCUT2D eigenvalue weighted by molar-refractivity contribution is 5.75. The van der Waals surface area contributed by atoms with Gasteiger partial charge in [0.25, 0.3) is 0 Å². The second kappa shape index (κ2) is 6.63. The van der Waals surface area contributed by atoms with E-state index >= 15 is 0 Å². The van der Waals surface area contributed by atoms with Gasteiger partial charge in [0, 0.05) is 25.7 Å². The van der Waals surface area contributed by atoms with Gasteiger partial charge in [-0.05, 0) is 13.3 Å². The van der Waals surface area contributed by atoms with Gasteiger partial charge in [-0.15, -0.1) is 0 Å². The fourth-order valence-electron chi connectivity index (χ4n) is 1.45. The van der Waals surface area contributed by atoms with Crippen molar-refractivity contribution in [2.75, 3.05) is 12.4 Å². The number of hydrogen-bond donors (Lipinski definition) is 3. The van der Waals surface area contributed by atoms with Crippen LogP contribution in [0.5, 0.6) is 0 Å². The van der Waals surface area contributed by atoms with E-state index in [0.29, 0.717) is 6.42 Å². The summed E-state index contributed by atoms with van der Waals surface area (Å²) < 4.78 is 1.52. The molecule has 1 rings (SSSR count). The molecule has 1 atom stereocenters. The summed E-state index contributed by atoms with van der Waals surface area (Å²) in [4.78, 5) is 21.6. The summed E-state index contributed by atoms with van der Waals surface area (Å²) in [5, 5.41) is 18.2. The summed E-state index contributed by atoms with van der Waals surface area (Å²) >= 11 is 0. The van der Waals surface area contributed by atoms with E-state index in [1.807, 2.05) is 6.92 Å². The normalized spacial score (nSPS) is 11.9. The van der Waals surface area contributed by atoms with Gasteiger partial charge in [0.15, 0.2) is 0 Å². The van der Waals surface area contributed by atoms with Gasteiger partial charge in [-0.25, -0.2) is 0 Å². The lowest BCUT2D eigenvalue weighted by atomic mass is 10.2. The number of likely N-dealkylation sites (N-methyl/N-ethyl adjacent to an activating group) is 1. The Labute approximate surface area is 105 Å². The van der Waals surface area contributed by atoms with Crippen LogP contribution in [0.25, 0.3) is 0 Å². The summed E-state index contributed by atoms with van der Waals surface area (Å²) in [6.07, 6.45) is 3.99. The second-order valence-electron chi connectivity index (χ2n) is 4.08. The molecule has 7 nitrogen and oxygen atoms in total. The number of nitrogens with zero attached hydrogens (tertiary/aromatic N) is 2. The third-order valence-corrected chi connectivity index (χ3v) is 2.42. The van der Waals surface area contributed by atoms with Gasteiger partial charge < -0.3 is 15.7 Å². The van der Waals surface area contributed by atoms with Gasteiger partial charge in [0.2, 0.25) is 5.91 Å². The lowest BCUT2D eigenvalue weighted by Crippen LogP contribution is -2.23. The zero-order chi connectivity index (χ0) is 13.5. The number of aromatic nitrogens is 2. The zero-order valence-corrected chi connectivity index (χ0v) is 10.5. The Balaban J connectivity index is 2.43. The molecule has 1 amide bonds. The van der Waals surface area contributed by atoms with Crippen LogP contribution in [0.1, 0.15) is 19.8 Å². The summed E-state index contributed by atoms with van der Waals surface area (Å²) in [6.45, 7) is 2.07. The molecule has 0 aliphatic rings. The maximum absolute atomic E-state index is 11.1. The van der Waals surface area contributed by atoms with Gasteiger partial charge >= 0.3 is 5.97 Å². The zero-order valence-electron chi connectivity index (χ0n) is 10.5. The molecule has 0 saturated carbocycles. The molecule has 1 heterocycles. The fraction of sp³-hybridized carbons (Fsp3) is 0.545. The summed E-state index contributed by atoms with van der Waals surface area (Å²) in [7, 11) is 1.57. The number of carboxylic acids is 1. The van der Waals surface area contributed by atoms with E-state index in [1.165, 1.54) is 4.68 Å². The third-order valence-electron chi connectivity index (χ3n) is 2.42. The molecule has 0 aliphatic heterocycles. The molecule has 1 aromatic rings. The molecule has 3 N–H and O–H groups in total. The minimum absolute atomic E-state index is 0.0405. The van der Waals surface area contributed by atoms with Crippen molar-refractivity contribution in [3.63, 3.8) is 0 Å². The number of hydrogen-bond acceptors (Lipinski definition) is 4. The number of nitrogens with one attached hydrogen (secondary N) is 2. The Bertz CT molecular complexity index is 416. The van der Waals surface area contributed by atoms with Crippen LogP contribution >= 0.6 is 0 Å². The average molecular weight is 254 g/mol. The molecule has 1 aromatic heterocycles. The van der Waals surface area contributed by atoms with E-state index in [9.17, 15) is 9.59 Å². The first-order chi connectivity index (χ1) is 8.51. The number of carbonyl (C=O) groups is 2. The Morgan fingerprint density at radius 2 is 2.28 bits per heavy atom. The molecular formula is C11H18N4O3. The monoisotopic (exact) mass is 254 g/mol. The number of anilines is 1. The van der Waals surface area contributed by atoms with Crippen LogP contribution in [0.15, 0.2) is 12.4 Å². The first kappa shape index (κ1) is 14.0. The molecule has 100 valence electrons. The van der Waals surface area contributed by atoms with E-state index < -0.39 is 5.97 Å². The van der Waals surface area contributed by atoms with Crippen LogP contribution in [0, 0.1) is 0 Å². The van der Waals surface area contributed by atoms with Crippen LogP contribution < -0.4 is 10.6 Å². The highest BCUT2D eigenvalue weighted by Crippen LogP contribution is 2.09. The molecule has 0 saturated heterocycles. The maximum Gasteiger partial charge on any atom is 0.303 e. The van der Waals surface area contributed by atoms with Gasteiger partial charge in [-0.1, -0.05) is 0 Å². The van der Waals surface area contributed by atoms with Crippen LogP contribution in [0.4, 0.5) is 5.69 Å². The van der Waals surface area contributed by atoms with Crippen molar-refractivity contribution in [1.29, 1.82) is 0 Å². The molecule has 0 aromatic carbocycles. The van der Waals surface area contributed by atoms with Gasteiger partial charge in [0.05, 0.1) is 11.9 Å². The van der Waals surface area contributed by atoms with Crippen LogP contribution in [0.2, 0.25) is 0 Å². The lowest BCUT2D eigenvalue weighted by Gasteiger charge is -2.11. The van der Waals surface area contributed by atoms with E-state index in [-0.39, 0.29) is 24.9 Å². The summed E-state index contributed by atoms with van der Waals surface area (Å²) in [5.74, 6) is -0.928. The predicted molar refractivity (Wildman–Crippen MR) is 66.2 cm³/mol. The first-order valence-electron chi connectivity index (χ1n) is 5.72. The molecule has 0 spiro atoms. The fourth-order valence-corrected chi connectivity index (χ4v) is 1.45. The van der Waals surface area contributed by atoms with E-state index in [1.54, 1.807) is 19.4 Å². The second-order valence-corrected chi connectivity index (χ2v) is 4.08. The van der Waals surface area contributed by atoms with Gasteiger partial charge in [0.1, 0.15) is 6.54 Å².